The molecule has 0 saturated heterocycles. The van der Waals surface area contributed by atoms with Gasteiger partial charge in [-0.05, 0) is 12.8 Å². The van der Waals surface area contributed by atoms with E-state index in [0.717, 1.165) is 6.07 Å². The van der Waals surface area contributed by atoms with Gasteiger partial charge in [-0.15, -0.1) is 0 Å². The molecule has 5 heteroatoms. The van der Waals surface area contributed by atoms with E-state index in [9.17, 15) is 14.6 Å². The van der Waals surface area contributed by atoms with Crippen LogP contribution in [0.5, 0.6) is 17.2 Å². The Kier molecular flexibility index (Phi) is 2.01. The van der Waals surface area contributed by atoms with Gasteiger partial charge in [-0.2, -0.15) is 0 Å². The van der Waals surface area contributed by atoms with Crippen LogP contribution < -0.4 is 10.5 Å². The van der Waals surface area contributed by atoms with Gasteiger partial charge in [0.15, 0.2) is 23.1 Å². The first-order valence-electron chi connectivity index (χ1n) is 4.57. The van der Waals surface area contributed by atoms with Crippen LogP contribution in [0.15, 0.2) is 6.07 Å². The Morgan fingerprint density at radius 3 is 2.53 bits per heavy atom. The molecule has 0 bridgehead atoms. The van der Waals surface area contributed by atoms with E-state index in [0.29, 0.717) is 12.8 Å². The molecule has 4 N–H and O–H groups in total. The number of phenols is 2. The molecule has 2 rings (SSSR count). The maximum Gasteiger partial charge on any atom is 0.174 e. The quantitative estimate of drug-likeness (QED) is 0.645. The Balaban J connectivity index is 2.65. The summed E-state index contributed by atoms with van der Waals surface area (Å²) in [5.41, 5.74) is 4.88. The van der Waals surface area contributed by atoms with E-state index in [1.807, 2.05) is 0 Å². The van der Waals surface area contributed by atoms with Crippen molar-refractivity contribution in [3.8, 4) is 17.2 Å². The summed E-state index contributed by atoms with van der Waals surface area (Å²) in [5, 5.41) is 18.9. The third kappa shape index (κ3) is 1.39. The summed E-state index contributed by atoms with van der Waals surface area (Å²) in [6, 6.07) is 1.03. The minimum atomic E-state index is -0.861. The zero-order valence-corrected chi connectivity index (χ0v) is 8.25. The highest BCUT2D eigenvalue weighted by Gasteiger charge is 2.45. The van der Waals surface area contributed by atoms with Crippen LogP contribution in [0.25, 0.3) is 0 Å². The first-order chi connectivity index (χ1) is 6.99. The molecule has 1 aliphatic rings. The second-order valence-corrected chi connectivity index (χ2v) is 3.79. The van der Waals surface area contributed by atoms with E-state index in [2.05, 4.69) is 0 Å². The Morgan fingerprint density at radius 2 is 2.07 bits per heavy atom. The number of hydrogen-bond donors (Lipinski definition) is 3. The number of phenolic OH excluding ortho intramolecular Hbond substituents is 2. The van der Waals surface area contributed by atoms with Gasteiger partial charge in [0.2, 0.25) is 0 Å². The van der Waals surface area contributed by atoms with Crippen LogP contribution in [-0.2, 0) is 5.54 Å². The first kappa shape index (κ1) is 10.0. The third-order valence-corrected chi connectivity index (χ3v) is 2.69. The molecule has 1 aliphatic carbocycles. The number of benzene rings is 1. The molecule has 82 valence electrons. The minimum Gasteiger partial charge on any atom is -0.504 e. The van der Waals surface area contributed by atoms with E-state index in [4.69, 9.17) is 10.5 Å². The third-order valence-electron chi connectivity index (χ3n) is 2.69. The van der Waals surface area contributed by atoms with Crippen LogP contribution in [0.1, 0.15) is 18.4 Å². The maximum absolute atomic E-state index is 13.8. The van der Waals surface area contributed by atoms with Gasteiger partial charge in [0.1, 0.15) is 0 Å². The van der Waals surface area contributed by atoms with Crippen molar-refractivity contribution in [2.24, 2.45) is 5.73 Å². The highest BCUT2D eigenvalue weighted by Crippen LogP contribution is 2.51. The Morgan fingerprint density at radius 1 is 1.47 bits per heavy atom. The Labute approximate surface area is 86.1 Å². The molecule has 4 nitrogen and oxygen atoms in total. The molecule has 0 unspecified atom stereocenters. The second kappa shape index (κ2) is 3.00. The van der Waals surface area contributed by atoms with Gasteiger partial charge < -0.3 is 20.7 Å². The van der Waals surface area contributed by atoms with Crippen LogP contribution in [0, 0.1) is 5.82 Å². The van der Waals surface area contributed by atoms with Crippen LogP contribution in [0.4, 0.5) is 4.39 Å². The Bertz CT molecular complexity index is 416. The molecule has 1 saturated carbocycles. The average molecular weight is 213 g/mol. The van der Waals surface area contributed by atoms with Gasteiger partial charge in [-0.25, -0.2) is 4.39 Å². The van der Waals surface area contributed by atoms with E-state index in [1.54, 1.807) is 0 Å². The molecular formula is C10H12FNO3. The zero-order chi connectivity index (χ0) is 11.2. The minimum absolute atomic E-state index is 0.0562. The summed E-state index contributed by atoms with van der Waals surface area (Å²) in [7, 11) is 1.29. The van der Waals surface area contributed by atoms with Gasteiger partial charge in [-0.1, -0.05) is 0 Å². The van der Waals surface area contributed by atoms with Crippen molar-refractivity contribution >= 4 is 0 Å². The summed E-state index contributed by atoms with van der Waals surface area (Å²) >= 11 is 0. The lowest BCUT2D eigenvalue weighted by molar-refractivity contribution is 0.353. The average Bonchev–Trinajstić information content (AvgIpc) is 2.91. The predicted octanol–water partition coefficient (Wildman–Crippen LogP) is 1.19. The van der Waals surface area contributed by atoms with Crippen LogP contribution in [0.2, 0.25) is 0 Å². The maximum atomic E-state index is 13.8. The lowest BCUT2D eigenvalue weighted by atomic mass is 10.0. The van der Waals surface area contributed by atoms with Gasteiger partial charge >= 0.3 is 0 Å². The van der Waals surface area contributed by atoms with Gasteiger partial charge in [0.05, 0.1) is 12.7 Å². The first-order valence-corrected chi connectivity index (χ1v) is 4.57. The number of ether oxygens (including phenoxy) is 1. The molecule has 15 heavy (non-hydrogen) atoms. The molecule has 0 heterocycles. The standard InChI is InChI=1S/C10H12FNO3/c1-15-6-4-5(13)9(14)7(8(6)11)10(12)2-3-10/h4,13-14H,2-3,12H2,1H3. The number of methoxy groups -OCH3 is 1. The normalized spacial score (nSPS) is 17.5. The van der Waals surface area contributed by atoms with Crippen LogP contribution in [0.3, 0.4) is 0 Å². The highest BCUT2D eigenvalue weighted by atomic mass is 19.1. The highest BCUT2D eigenvalue weighted by molar-refractivity contribution is 5.55. The number of halogens is 1. The SMILES string of the molecule is COc1cc(O)c(O)c(C2(N)CC2)c1F. The lowest BCUT2D eigenvalue weighted by Gasteiger charge is -2.15. The molecule has 0 atom stereocenters. The smallest absolute Gasteiger partial charge is 0.174 e. The summed E-state index contributed by atoms with van der Waals surface area (Å²) in [6.07, 6.45) is 1.17. The molecular weight excluding hydrogens is 201 g/mol. The van der Waals surface area contributed by atoms with Crippen LogP contribution >= 0.6 is 0 Å². The van der Waals surface area contributed by atoms with Crippen molar-refractivity contribution in [2.45, 2.75) is 18.4 Å². The Hall–Kier alpha value is -1.49. The van der Waals surface area contributed by atoms with Crippen molar-refractivity contribution in [3.05, 3.63) is 17.4 Å². The molecule has 0 amide bonds. The summed E-state index contributed by atoms with van der Waals surface area (Å²) < 4.78 is 18.5. The molecule has 0 aliphatic heterocycles. The fraction of sp³-hybridized carbons (Fsp3) is 0.400. The van der Waals surface area contributed by atoms with E-state index < -0.39 is 22.9 Å². The number of nitrogens with two attached hydrogens (primary N) is 1. The van der Waals surface area contributed by atoms with E-state index in [1.165, 1.54) is 7.11 Å². The van der Waals surface area contributed by atoms with Crippen molar-refractivity contribution in [2.75, 3.05) is 7.11 Å². The fourth-order valence-electron chi connectivity index (χ4n) is 1.60. The van der Waals surface area contributed by atoms with Crippen molar-refractivity contribution in [1.29, 1.82) is 0 Å². The predicted molar refractivity (Wildman–Crippen MR) is 51.4 cm³/mol. The molecule has 1 aromatic carbocycles. The van der Waals surface area contributed by atoms with Crippen molar-refractivity contribution in [3.63, 3.8) is 0 Å². The molecule has 0 aromatic heterocycles. The largest absolute Gasteiger partial charge is 0.504 e. The zero-order valence-electron chi connectivity index (χ0n) is 8.25. The molecule has 1 aromatic rings. The van der Waals surface area contributed by atoms with Crippen LogP contribution in [-0.4, -0.2) is 17.3 Å². The van der Waals surface area contributed by atoms with Gasteiger partial charge in [0, 0.05) is 11.6 Å². The lowest BCUT2D eigenvalue weighted by Crippen LogP contribution is -2.21. The fourth-order valence-corrected chi connectivity index (χ4v) is 1.60. The second-order valence-electron chi connectivity index (χ2n) is 3.79. The summed E-state index contributed by atoms with van der Waals surface area (Å²) in [5.74, 6) is -1.72. The van der Waals surface area contributed by atoms with E-state index in [-0.39, 0.29) is 11.3 Å². The number of rotatable bonds is 2. The summed E-state index contributed by atoms with van der Waals surface area (Å²) in [6.45, 7) is 0. The topological polar surface area (TPSA) is 75.7 Å². The van der Waals surface area contributed by atoms with Gasteiger partial charge in [0.25, 0.3) is 0 Å². The summed E-state index contributed by atoms with van der Waals surface area (Å²) in [4.78, 5) is 0. The molecule has 0 spiro atoms. The molecule has 0 radical (unpaired) electrons. The van der Waals surface area contributed by atoms with Crippen molar-refractivity contribution in [1.82, 2.24) is 0 Å². The van der Waals surface area contributed by atoms with Crippen molar-refractivity contribution < 1.29 is 19.3 Å². The van der Waals surface area contributed by atoms with Gasteiger partial charge in [-0.3, -0.25) is 0 Å². The number of aromatic hydroxyl groups is 2. The van der Waals surface area contributed by atoms with E-state index >= 15 is 0 Å². The monoisotopic (exact) mass is 213 g/mol. The molecule has 1 fully saturated rings. The number of hydrogen-bond acceptors (Lipinski definition) is 4.